The molecule has 7 nitrogen and oxygen atoms in total. The molecule has 0 atom stereocenters. The van der Waals surface area contributed by atoms with E-state index in [4.69, 9.17) is 0 Å². The van der Waals surface area contributed by atoms with Crippen molar-refractivity contribution in [3.8, 4) is 0 Å². The summed E-state index contributed by atoms with van der Waals surface area (Å²) < 4.78 is 0. The Kier molecular flexibility index (Phi) is 7.96. The first-order chi connectivity index (χ1) is 10.6. The molecule has 0 aliphatic rings. The minimum Gasteiger partial charge on any atom is -0.349 e. The van der Waals surface area contributed by atoms with Gasteiger partial charge in [-0.1, -0.05) is 18.2 Å². The third-order valence-corrected chi connectivity index (χ3v) is 2.69. The van der Waals surface area contributed by atoms with Crippen LogP contribution in [0, 0.1) is 0 Å². The zero-order chi connectivity index (χ0) is 16.2. The first-order valence-electron chi connectivity index (χ1n) is 6.93. The van der Waals surface area contributed by atoms with E-state index in [1.165, 1.54) is 0 Å². The molecule has 0 bridgehead atoms. The van der Waals surface area contributed by atoms with Gasteiger partial charge in [0.1, 0.15) is 6.29 Å². The maximum absolute atomic E-state index is 11.6. The number of carbonyl (C=O) groups excluding carboxylic acids is 4. The van der Waals surface area contributed by atoms with E-state index in [1.54, 1.807) is 24.3 Å². The van der Waals surface area contributed by atoms with Crippen LogP contribution in [-0.2, 0) is 19.2 Å². The zero-order valence-corrected chi connectivity index (χ0v) is 12.1. The second-order valence-corrected chi connectivity index (χ2v) is 4.52. The van der Waals surface area contributed by atoms with Crippen LogP contribution in [0.3, 0.4) is 0 Å². The molecule has 22 heavy (non-hydrogen) atoms. The Morgan fingerprint density at radius 3 is 2.18 bits per heavy atom. The SMILES string of the molecule is O=CCNC(=O)CCCC(=O)NCC(=O)Nc1ccccc1. The van der Waals surface area contributed by atoms with Crippen molar-refractivity contribution < 1.29 is 19.2 Å². The normalized spacial score (nSPS) is 9.64. The van der Waals surface area contributed by atoms with Gasteiger partial charge in [-0.3, -0.25) is 14.4 Å². The number of nitrogens with one attached hydrogen (secondary N) is 3. The average Bonchev–Trinajstić information content (AvgIpc) is 2.52. The fourth-order valence-electron chi connectivity index (χ4n) is 1.65. The molecule has 3 N–H and O–H groups in total. The van der Waals surface area contributed by atoms with Gasteiger partial charge in [-0.2, -0.15) is 0 Å². The van der Waals surface area contributed by atoms with Crippen molar-refractivity contribution in [3.63, 3.8) is 0 Å². The molecule has 1 rings (SSSR count). The predicted octanol–water partition coefficient (Wildman–Crippen LogP) is 0.227. The van der Waals surface area contributed by atoms with E-state index in [-0.39, 0.29) is 43.7 Å². The Hall–Kier alpha value is -2.70. The highest BCUT2D eigenvalue weighted by molar-refractivity contribution is 5.94. The average molecular weight is 305 g/mol. The molecule has 0 aromatic heterocycles. The second kappa shape index (κ2) is 10.1. The summed E-state index contributed by atoms with van der Waals surface area (Å²) in [5, 5.41) is 7.51. The lowest BCUT2D eigenvalue weighted by molar-refractivity contribution is -0.125. The van der Waals surface area contributed by atoms with Crippen LogP contribution >= 0.6 is 0 Å². The number of hydrogen-bond acceptors (Lipinski definition) is 4. The second-order valence-electron chi connectivity index (χ2n) is 4.52. The van der Waals surface area contributed by atoms with Gasteiger partial charge in [0.25, 0.3) is 0 Å². The van der Waals surface area contributed by atoms with Gasteiger partial charge in [0.05, 0.1) is 13.1 Å². The summed E-state index contributed by atoms with van der Waals surface area (Å²) in [7, 11) is 0. The summed E-state index contributed by atoms with van der Waals surface area (Å²) >= 11 is 0. The molecule has 3 amide bonds. The lowest BCUT2D eigenvalue weighted by Gasteiger charge is -2.07. The van der Waals surface area contributed by atoms with E-state index in [9.17, 15) is 19.2 Å². The number of aldehydes is 1. The van der Waals surface area contributed by atoms with Gasteiger partial charge in [0.15, 0.2) is 0 Å². The van der Waals surface area contributed by atoms with Crippen molar-refractivity contribution in [1.82, 2.24) is 10.6 Å². The topological polar surface area (TPSA) is 104 Å². The number of para-hydroxylation sites is 1. The minimum atomic E-state index is -0.316. The number of benzene rings is 1. The first-order valence-corrected chi connectivity index (χ1v) is 6.93. The van der Waals surface area contributed by atoms with Crippen molar-refractivity contribution in [2.24, 2.45) is 0 Å². The monoisotopic (exact) mass is 305 g/mol. The molecular weight excluding hydrogens is 286 g/mol. The first kappa shape index (κ1) is 17.4. The maximum Gasteiger partial charge on any atom is 0.243 e. The third kappa shape index (κ3) is 7.78. The fraction of sp³-hybridized carbons (Fsp3) is 0.333. The summed E-state index contributed by atoms with van der Waals surface area (Å²) in [6, 6.07) is 8.92. The summed E-state index contributed by atoms with van der Waals surface area (Å²) in [6.07, 6.45) is 1.26. The van der Waals surface area contributed by atoms with Crippen LogP contribution in [0.4, 0.5) is 5.69 Å². The van der Waals surface area contributed by atoms with Crippen LogP contribution in [0.2, 0.25) is 0 Å². The van der Waals surface area contributed by atoms with Gasteiger partial charge in [0.2, 0.25) is 17.7 Å². The standard InChI is InChI=1S/C15H19N3O4/c19-10-9-16-13(20)7-4-8-14(21)17-11-15(22)18-12-5-2-1-3-6-12/h1-3,5-6,10H,4,7-9,11H2,(H,16,20)(H,17,21)(H,18,22). The Balaban J connectivity index is 2.13. The zero-order valence-electron chi connectivity index (χ0n) is 12.1. The smallest absolute Gasteiger partial charge is 0.243 e. The van der Waals surface area contributed by atoms with Crippen molar-refractivity contribution in [2.75, 3.05) is 18.4 Å². The highest BCUT2D eigenvalue weighted by atomic mass is 16.2. The number of carbonyl (C=O) groups is 4. The molecule has 0 fully saturated rings. The van der Waals surface area contributed by atoms with E-state index < -0.39 is 0 Å². The molecule has 0 heterocycles. The number of hydrogen-bond donors (Lipinski definition) is 3. The fourth-order valence-corrected chi connectivity index (χ4v) is 1.65. The molecule has 7 heteroatoms. The molecule has 0 unspecified atom stereocenters. The summed E-state index contributed by atoms with van der Waals surface area (Å²) in [4.78, 5) is 44.4. The molecule has 0 aliphatic carbocycles. The van der Waals surface area contributed by atoms with Crippen LogP contribution in [-0.4, -0.2) is 37.1 Å². The number of amides is 3. The van der Waals surface area contributed by atoms with E-state index in [2.05, 4.69) is 16.0 Å². The Bertz CT molecular complexity index is 517. The van der Waals surface area contributed by atoms with E-state index in [1.807, 2.05) is 6.07 Å². The lowest BCUT2D eigenvalue weighted by Crippen LogP contribution is -2.33. The van der Waals surface area contributed by atoms with Gasteiger partial charge in [0, 0.05) is 18.5 Å². The van der Waals surface area contributed by atoms with Crippen molar-refractivity contribution in [2.45, 2.75) is 19.3 Å². The molecule has 1 aromatic carbocycles. The quantitative estimate of drug-likeness (QED) is 0.568. The molecule has 0 radical (unpaired) electrons. The van der Waals surface area contributed by atoms with E-state index in [0.29, 0.717) is 18.4 Å². The Labute approximate surface area is 128 Å². The third-order valence-electron chi connectivity index (χ3n) is 2.69. The van der Waals surface area contributed by atoms with Crippen molar-refractivity contribution >= 4 is 29.7 Å². The van der Waals surface area contributed by atoms with Gasteiger partial charge < -0.3 is 20.7 Å². The van der Waals surface area contributed by atoms with Crippen molar-refractivity contribution in [1.29, 1.82) is 0 Å². The maximum atomic E-state index is 11.6. The molecule has 0 saturated heterocycles. The largest absolute Gasteiger partial charge is 0.349 e. The van der Waals surface area contributed by atoms with Crippen LogP contribution in [0.1, 0.15) is 19.3 Å². The summed E-state index contributed by atoms with van der Waals surface area (Å²) in [6.45, 7) is -0.143. The van der Waals surface area contributed by atoms with Crippen LogP contribution in [0.15, 0.2) is 30.3 Å². The minimum absolute atomic E-state index is 0.0231. The summed E-state index contributed by atoms with van der Waals surface area (Å²) in [5.41, 5.74) is 0.661. The molecule has 0 saturated carbocycles. The molecule has 0 spiro atoms. The Morgan fingerprint density at radius 2 is 1.55 bits per heavy atom. The van der Waals surface area contributed by atoms with Gasteiger partial charge in [-0.25, -0.2) is 0 Å². The molecular formula is C15H19N3O4. The number of rotatable bonds is 9. The van der Waals surface area contributed by atoms with Gasteiger partial charge >= 0.3 is 0 Å². The lowest BCUT2D eigenvalue weighted by atomic mass is 10.2. The highest BCUT2D eigenvalue weighted by Gasteiger charge is 2.07. The van der Waals surface area contributed by atoms with Gasteiger partial charge in [-0.05, 0) is 18.6 Å². The van der Waals surface area contributed by atoms with Crippen LogP contribution in [0.5, 0.6) is 0 Å². The van der Waals surface area contributed by atoms with Crippen molar-refractivity contribution in [3.05, 3.63) is 30.3 Å². The van der Waals surface area contributed by atoms with Crippen LogP contribution in [0.25, 0.3) is 0 Å². The van der Waals surface area contributed by atoms with E-state index in [0.717, 1.165) is 0 Å². The molecule has 1 aromatic rings. The molecule has 118 valence electrons. The highest BCUT2D eigenvalue weighted by Crippen LogP contribution is 2.04. The van der Waals surface area contributed by atoms with E-state index >= 15 is 0 Å². The number of anilines is 1. The van der Waals surface area contributed by atoms with Gasteiger partial charge in [-0.15, -0.1) is 0 Å². The predicted molar refractivity (Wildman–Crippen MR) is 81.0 cm³/mol. The Morgan fingerprint density at radius 1 is 0.909 bits per heavy atom. The van der Waals surface area contributed by atoms with Crippen LogP contribution < -0.4 is 16.0 Å². The summed E-state index contributed by atoms with van der Waals surface area (Å²) in [5.74, 6) is -0.892. The molecule has 0 aliphatic heterocycles.